The van der Waals surface area contributed by atoms with Crippen molar-refractivity contribution < 1.29 is 9.47 Å². The third kappa shape index (κ3) is 3.70. The van der Waals surface area contributed by atoms with Crippen LogP contribution in [0.25, 0.3) is 0 Å². The van der Waals surface area contributed by atoms with Gasteiger partial charge in [0.2, 0.25) is 0 Å². The molecule has 0 aromatic heterocycles. The van der Waals surface area contributed by atoms with Gasteiger partial charge >= 0.3 is 0 Å². The summed E-state index contributed by atoms with van der Waals surface area (Å²) in [6.07, 6.45) is 8.38. The third-order valence-corrected chi connectivity index (χ3v) is 4.87. The van der Waals surface area contributed by atoms with Gasteiger partial charge in [-0.15, -0.1) is 0 Å². The predicted octanol–water partition coefficient (Wildman–Crippen LogP) is 3.91. The molecule has 1 heterocycles. The van der Waals surface area contributed by atoms with Crippen LogP contribution in [0.15, 0.2) is 18.2 Å². The van der Waals surface area contributed by atoms with Gasteiger partial charge in [0.15, 0.2) is 11.5 Å². The van der Waals surface area contributed by atoms with Crippen molar-refractivity contribution in [1.29, 1.82) is 0 Å². The highest BCUT2D eigenvalue weighted by molar-refractivity contribution is 5.47. The lowest BCUT2D eigenvalue weighted by Crippen LogP contribution is -2.33. The summed E-state index contributed by atoms with van der Waals surface area (Å²) < 4.78 is 11.4. The number of fused-ring (bicyclic) bond motifs is 1. The Bertz CT molecular complexity index is 453. The Balaban J connectivity index is 1.59. The van der Waals surface area contributed by atoms with Gasteiger partial charge in [-0.2, -0.15) is 0 Å². The Kier molecular flexibility index (Phi) is 5.02. The second-order valence-electron chi connectivity index (χ2n) is 6.36. The predicted molar refractivity (Wildman–Crippen MR) is 84.9 cm³/mol. The maximum Gasteiger partial charge on any atom is 0.165 e. The summed E-state index contributed by atoms with van der Waals surface area (Å²) in [5, 5.41) is 3.71. The molecule has 3 rings (SSSR count). The first-order valence-corrected chi connectivity index (χ1v) is 8.45. The van der Waals surface area contributed by atoms with Gasteiger partial charge in [0.25, 0.3) is 0 Å². The van der Waals surface area contributed by atoms with Crippen LogP contribution in [-0.2, 0) is 6.54 Å². The zero-order chi connectivity index (χ0) is 14.5. The summed E-state index contributed by atoms with van der Waals surface area (Å²) in [7, 11) is 0. The van der Waals surface area contributed by atoms with Crippen molar-refractivity contribution in [3.8, 4) is 11.5 Å². The number of hydrogen-bond donors (Lipinski definition) is 1. The lowest BCUT2D eigenvalue weighted by atomic mass is 9.93. The van der Waals surface area contributed by atoms with E-state index in [0.29, 0.717) is 19.3 Å². The molecule has 3 nitrogen and oxygen atoms in total. The van der Waals surface area contributed by atoms with Crippen LogP contribution < -0.4 is 14.8 Å². The zero-order valence-corrected chi connectivity index (χ0v) is 13.1. The van der Waals surface area contributed by atoms with Crippen LogP contribution in [-0.4, -0.2) is 19.3 Å². The fourth-order valence-electron chi connectivity index (χ4n) is 3.52. The molecule has 0 radical (unpaired) electrons. The molecular weight excluding hydrogens is 262 g/mol. The number of nitrogens with one attached hydrogen (secondary N) is 1. The molecule has 1 aromatic rings. The van der Waals surface area contributed by atoms with Crippen LogP contribution in [0.4, 0.5) is 0 Å². The molecule has 2 aliphatic rings. The average molecular weight is 289 g/mol. The molecule has 1 aromatic carbocycles. The fourth-order valence-corrected chi connectivity index (χ4v) is 3.52. The van der Waals surface area contributed by atoms with Crippen molar-refractivity contribution in [2.75, 3.05) is 13.2 Å². The molecule has 3 heteroatoms. The third-order valence-electron chi connectivity index (χ3n) is 4.87. The molecule has 21 heavy (non-hydrogen) atoms. The number of ether oxygens (including phenoxy) is 2. The molecule has 1 atom stereocenters. The highest BCUT2D eigenvalue weighted by Crippen LogP contribution is 2.34. The first-order chi connectivity index (χ1) is 10.3. The number of rotatable bonds is 4. The highest BCUT2D eigenvalue weighted by Gasteiger charge is 2.20. The molecule has 0 amide bonds. The number of hydrogen-bond acceptors (Lipinski definition) is 3. The Hall–Kier alpha value is -1.22. The Morgan fingerprint density at radius 1 is 1.10 bits per heavy atom. The van der Waals surface area contributed by atoms with E-state index in [-0.39, 0.29) is 0 Å². The molecule has 0 spiro atoms. The quantitative estimate of drug-likeness (QED) is 0.853. The standard InChI is InChI=1S/C18H27NO2/c1-14(15-7-4-2-3-5-8-15)19-13-16-9-6-10-17-18(16)21-12-11-20-17/h6,9-10,14-15,19H,2-5,7-8,11-13H2,1H3/t14-/m0/s1. The van der Waals surface area contributed by atoms with Gasteiger partial charge in [-0.3, -0.25) is 0 Å². The van der Waals surface area contributed by atoms with Gasteiger partial charge in [0, 0.05) is 18.2 Å². The van der Waals surface area contributed by atoms with Crippen molar-refractivity contribution in [2.45, 2.75) is 58.0 Å². The van der Waals surface area contributed by atoms with E-state index in [2.05, 4.69) is 24.4 Å². The zero-order valence-electron chi connectivity index (χ0n) is 13.1. The molecule has 1 fully saturated rings. The van der Waals surface area contributed by atoms with Crippen molar-refractivity contribution in [1.82, 2.24) is 5.32 Å². The van der Waals surface area contributed by atoms with Crippen LogP contribution >= 0.6 is 0 Å². The van der Waals surface area contributed by atoms with E-state index >= 15 is 0 Å². The van der Waals surface area contributed by atoms with Crippen molar-refractivity contribution in [3.63, 3.8) is 0 Å². The Labute approximate surface area is 128 Å². The number of para-hydroxylation sites is 1. The molecule has 1 N–H and O–H groups in total. The minimum Gasteiger partial charge on any atom is -0.486 e. The fraction of sp³-hybridized carbons (Fsp3) is 0.667. The first kappa shape index (κ1) is 14.7. The van der Waals surface area contributed by atoms with Gasteiger partial charge in [-0.05, 0) is 31.7 Å². The van der Waals surface area contributed by atoms with Gasteiger partial charge < -0.3 is 14.8 Å². The second-order valence-corrected chi connectivity index (χ2v) is 6.36. The van der Waals surface area contributed by atoms with E-state index in [1.165, 1.54) is 44.1 Å². The van der Waals surface area contributed by atoms with E-state index in [4.69, 9.17) is 9.47 Å². The maximum absolute atomic E-state index is 5.79. The van der Waals surface area contributed by atoms with Gasteiger partial charge in [0.05, 0.1) is 0 Å². The molecular formula is C18H27NO2. The minimum atomic E-state index is 0.573. The summed E-state index contributed by atoms with van der Waals surface area (Å²) in [5.41, 5.74) is 1.22. The molecule has 116 valence electrons. The first-order valence-electron chi connectivity index (χ1n) is 8.45. The monoisotopic (exact) mass is 289 g/mol. The lowest BCUT2D eigenvalue weighted by molar-refractivity contribution is 0.169. The Morgan fingerprint density at radius 3 is 2.67 bits per heavy atom. The molecule has 1 aliphatic carbocycles. The van der Waals surface area contributed by atoms with Crippen LogP contribution in [0.1, 0.15) is 51.0 Å². The summed E-state index contributed by atoms with van der Waals surface area (Å²) in [6.45, 7) is 4.51. The van der Waals surface area contributed by atoms with Crippen LogP contribution in [0.2, 0.25) is 0 Å². The van der Waals surface area contributed by atoms with E-state index in [9.17, 15) is 0 Å². The van der Waals surface area contributed by atoms with E-state index in [0.717, 1.165) is 24.0 Å². The largest absolute Gasteiger partial charge is 0.486 e. The van der Waals surface area contributed by atoms with Gasteiger partial charge in [0.1, 0.15) is 13.2 Å². The van der Waals surface area contributed by atoms with Crippen molar-refractivity contribution in [2.24, 2.45) is 5.92 Å². The van der Waals surface area contributed by atoms with Crippen LogP contribution in [0.5, 0.6) is 11.5 Å². The lowest BCUT2D eigenvalue weighted by Gasteiger charge is -2.25. The van der Waals surface area contributed by atoms with Crippen LogP contribution in [0.3, 0.4) is 0 Å². The van der Waals surface area contributed by atoms with Crippen LogP contribution in [0, 0.1) is 5.92 Å². The summed E-state index contributed by atoms with van der Waals surface area (Å²) >= 11 is 0. The molecule has 1 saturated carbocycles. The second kappa shape index (κ2) is 7.17. The van der Waals surface area contributed by atoms with Gasteiger partial charge in [-0.1, -0.05) is 37.8 Å². The van der Waals surface area contributed by atoms with Crippen molar-refractivity contribution in [3.05, 3.63) is 23.8 Å². The normalized spacial score (nSPS) is 20.8. The summed E-state index contributed by atoms with van der Waals surface area (Å²) in [6, 6.07) is 6.76. The average Bonchev–Trinajstić information content (AvgIpc) is 2.82. The smallest absolute Gasteiger partial charge is 0.165 e. The minimum absolute atomic E-state index is 0.573. The van der Waals surface area contributed by atoms with E-state index in [1.54, 1.807) is 0 Å². The molecule has 0 bridgehead atoms. The molecule has 0 saturated heterocycles. The summed E-state index contributed by atoms with van der Waals surface area (Å²) in [4.78, 5) is 0. The molecule has 1 aliphatic heterocycles. The van der Waals surface area contributed by atoms with Gasteiger partial charge in [-0.25, -0.2) is 0 Å². The van der Waals surface area contributed by atoms with Crippen molar-refractivity contribution >= 4 is 0 Å². The van der Waals surface area contributed by atoms with E-state index < -0.39 is 0 Å². The number of benzene rings is 1. The SMILES string of the molecule is C[C@H](NCc1cccc2c1OCCO2)C1CCCCCC1. The molecule has 0 unspecified atom stereocenters. The van der Waals surface area contributed by atoms with E-state index in [1.807, 2.05) is 6.07 Å². The highest BCUT2D eigenvalue weighted by atomic mass is 16.6. The Morgan fingerprint density at radius 2 is 1.86 bits per heavy atom. The topological polar surface area (TPSA) is 30.5 Å². The maximum atomic E-state index is 5.79. The summed E-state index contributed by atoms with van der Waals surface area (Å²) in [5.74, 6) is 2.65.